The van der Waals surface area contributed by atoms with Gasteiger partial charge >= 0.3 is 0 Å². The van der Waals surface area contributed by atoms with Crippen LogP contribution in [0.4, 0.5) is 0 Å². The maximum Gasteiger partial charge on any atom is 0.227 e. The molecule has 2 heterocycles. The van der Waals surface area contributed by atoms with E-state index in [1.807, 2.05) is 35.7 Å². The van der Waals surface area contributed by atoms with Crippen LogP contribution < -0.4 is 0 Å². The highest BCUT2D eigenvalue weighted by Crippen LogP contribution is 2.23. The standard InChI is InChI=1S/C16H18N2O3S2/c19-16(14-6-9-23(20,21)12-14)18(11-15-17-7-8-22-15)10-13-4-2-1-3-5-13/h1-5,7-8,14H,6,9-12H2/t14-/m1/s1. The van der Waals surface area contributed by atoms with Crippen molar-refractivity contribution in [2.75, 3.05) is 11.5 Å². The Morgan fingerprint density at radius 3 is 2.65 bits per heavy atom. The third-order valence-electron chi connectivity index (χ3n) is 3.92. The van der Waals surface area contributed by atoms with Crippen molar-refractivity contribution in [1.29, 1.82) is 0 Å². The second-order valence-corrected chi connectivity index (χ2v) is 8.91. The molecule has 0 saturated carbocycles. The lowest BCUT2D eigenvalue weighted by Gasteiger charge is -2.24. The number of aromatic nitrogens is 1. The zero-order valence-corrected chi connectivity index (χ0v) is 14.2. The molecule has 0 spiro atoms. The van der Waals surface area contributed by atoms with E-state index in [1.165, 1.54) is 11.3 Å². The van der Waals surface area contributed by atoms with Crippen molar-refractivity contribution >= 4 is 27.1 Å². The zero-order chi connectivity index (χ0) is 16.3. The van der Waals surface area contributed by atoms with Gasteiger partial charge in [0, 0.05) is 18.1 Å². The quantitative estimate of drug-likeness (QED) is 0.828. The molecule has 1 atom stereocenters. The Hall–Kier alpha value is -1.73. The van der Waals surface area contributed by atoms with Crippen LogP contribution in [-0.2, 0) is 27.7 Å². The second kappa shape index (κ2) is 6.80. The van der Waals surface area contributed by atoms with Crippen molar-refractivity contribution in [2.45, 2.75) is 19.5 Å². The predicted molar refractivity (Wildman–Crippen MR) is 89.6 cm³/mol. The Balaban J connectivity index is 1.78. The van der Waals surface area contributed by atoms with E-state index in [1.54, 1.807) is 11.1 Å². The first kappa shape index (κ1) is 16.1. The van der Waals surface area contributed by atoms with Gasteiger partial charge < -0.3 is 4.90 Å². The van der Waals surface area contributed by atoms with Crippen LogP contribution in [0, 0.1) is 5.92 Å². The molecule has 122 valence electrons. The Kier molecular flexibility index (Phi) is 4.77. The zero-order valence-electron chi connectivity index (χ0n) is 12.6. The summed E-state index contributed by atoms with van der Waals surface area (Å²) in [5.74, 6) is -0.441. The van der Waals surface area contributed by atoms with Crippen LogP contribution in [0.15, 0.2) is 41.9 Å². The van der Waals surface area contributed by atoms with E-state index in [0.717, 1.165) is 10.6 Å². The molecule has 1 aromatic heterocycles. The molecule has 1 saturated heterocycles. The summed E-state index contributed by atoms with van der Waals surface area (Å²) in [5, 5.41) is 2.73. The summed E-state index contributed by atoms with van der Waals surface area (Å²) in [5.41, 5.74) is 1.03. The number of carbonyl (C=O) groups is 1. The average Bonchev–Trinajstić information content (AvgIpc) is 3.16. The first-order valence-corrected chi connectivity index (χ1v) is 10.1. The van der Waals surface area contributed by atoms with Crippen molar-refractivity contribution < 1.29 is 13.2 Å². The van der Waals surface area contributed by atoms with E-state index >= 15 is 0 Å². The molecule has 0 unspecified atom stereocenters. The third kappa shape index (κ3) is 4.17. The molecule has 1 aromatic carbocycles. The summed E-state index contributed by atoms with van der Waals surface area (Å²) < 4.78 is 23.3. The highest BCUT2D eigenvalue weighted by Gasteiger charge is 2.35. The number of benzene rings is 1. The van der Waals surface area contributed by atoms with Crippen molar-refractivity contribution in [3.8, 4) is 0 Å². The van der Waals surface area contributed by atoms with Gasteiger partial charge in [-0.05, 0) is 12.0 Å². The van der Waals surface area contributed by atoms with Crippen molar-refractivity contribution in [1.82, 2.24) is 9.88 Å². The monoisotopic (exact) mass is 350 g/mol. The van der Waals surface area contributed by atoms with E-state index in [0.29, 0.717) is 19.5 Å². The van der Waals surface area contributed by atoms with Crippen molar-refractivity contribution in [2.24, 2.45) is 5.92 Å². The molecule has 5 nitrogen and oxygen atoms in total. The summed E-state index contributed by atoms with van der Waals surface area (Å²) in [6.45, 7) is 0.887. The summed E-state index contributed by atoms with van der Waals surface area (Å²) in [6.07, 6.45) is 2.13. The van der Waals surface area contributed by atoms with E-state index in [2.05, 4.69) is 4.98 Å². The summed E-state index contributed by atoms with van der Waals surface area (Å²) >= 11 is 1.50. The Morgan fingerprint density at radius 1 is 1.26 bits per heavy atom. The van der Waals surface area contributed by atoms with Gasteiger partial charge in [-0.25, -0.2) is 13.4 Å². The van der Waals surface area contributed by atoms with E-state index < -0.39 is 15.8 Å². The number of hydrogen-bond donors (Lipinski definition) is 0. The van der Waals surface area contributed by atoms with E-state index in [9.17, 15) is 13.2 Å². The number of amides is 1. The van der Waals surface area contributed by atoms with Crippen LogP contribution in [0.25, 0.3) is 0 Å². The molecule has 0 radical (unpaired) electrons. The first-order valence-electron chi connectivity index (χ1n) is 7.45. The van der Waals surface area contributed by atoms with Gasteiger partial charge in [-0.2, -0.15) is 0 Å². The van der Waals surface area contributed by atoms with Gasteiger partial charge in [0.25, 0.3) is 0 Å². The van der Waals surface area contributed by atoms with Crippen molar-refractivity contribution in [3.05, 3.63) is 52.5 Å². The Labute approximate surface area is 139 Å². The number of thiazole rings is 1. The topological polar surface area (TPSA) is 67.3 Å². The Bertz CT molecular complexity index is 758. The summed E-state index contributed by atoms with van der Waals surface area (Å²) in [6, 6.07) is 9.73. The fourth-order valence-corrected chi connectivity index (χ4v) is 5.12. The molecule has 3 rings (SSSR count). The van der Waals surface area contributed by atoms with Crippen LogP contribution in [0.1, 0.15) is 17.0 Å². The average molecular weight is 350 g/mol. The number of nitrogens with zero attached hydrogens (tertiary/aromatic N) is 2. The van der Waals surface area contributed by atoms with Crippen molar-refractivity contribution in [3.63, 3.8) is 0 Å². The van der Waals surface area contributed by atoms with Gasteiger partial charge in [-0.1, -0.05) is 30.3 Å². The third-order valence-corrected chi connectivity index (χ3v) is 6.45. The number of hydrogen-bond acceptors (Lipinski definition) is 5. The maximum absolute atomic E-state index is 12.8. The second-order valence-electron chi connectivity index (χ2n) is 5.71. The molecule has 0 aliphatic carbocycles. The van der Waals surface area contributed by atoms with Crippen LogP contribution >= 0.6 is 11.3 Å². The highest BCUT2D eigenvalue weighted by molar-refractivity contribution is 7.91. The van der Waals surface area contributed by atoms with Crippen LogP contribution in [0.3, 0.4) is 0 Å². The fourth-order valence-electron chi connectivity index (χ4n) is 2.76. The SMILES string of the molecule is O=C([C@@H]1CCS(=O)(=O)C1)N(Cc1ccccc1)Cc1nccs1. The maximum atomic E-state index is 12.8. The van der Waals surface area contributed by atoms with Crippen LogP contribution in [0.2, 0.25) is 0 Å². The van der Waals surface area contributed by atoms with Gasteiger partial charge in [0.15, 0.2) is 9.84 Å². The molecule has 1 fully saturated rings. The van der Waals surface area contributed by atoms with Gasteiger partial charge in [0.1, 0.15) is 5.01 Å². The molecule has 0 N–H and O–H groups in total. The van der Waals surface area contributed by atoms with Gasteiger partial charge in [-0.15, -0.1) is 11.3 Å². The minimum Gasteiger partial charge on any atom is -0.331 e. The van der Waals surface area contributed by atoms with Crippen LogP contribution in [-0.4, -0.2) is 35.7 Å². The minimum atomic E-state index is -3.07. The fraction of sp³-hybridized carbons (Fsp3) is 0.375. The van der Waals surface area contributed by atoms with Crippen LogP contribution in [0.5, 0.6) is 0 Å². The summed E-state index contributed by atoms with van der Waals surface area (Å²) in [7, 11) is -3.07. The molecule has 1 amide bonds. The molecule has 7 heteroatoms. The Morgan fingerprint density at radius 2 is 2.04 bits per heavy atom. The number of carbonyl (C=O) groups excluding carboxylic acids is 1. The summed E-state index contributed by atoms with van der Waals surface area (Å²) in [4.78, 5) is 18.8. The van der Waals surface area contributed by atoms with Gasteiger partial charge in [-0.3, -0.25) is 4.79 Å². The van der Waals surface area contributed by atoms with E-state index in [-0.39, 0.29) is 17.4 Å². The lowest BCUT2D eigenvalue weighted by molar-refractivity contribution is -0.136. The number of sulfone groups is 1. The molecule has 1 aliphatic heterocycles. The molecular weight excluding hydrogens is 332 g/mol. The van der Waals surface area contributed by atoms with E-state index in [4.69, 9.17) is 0 Å². The molecule has 23 heavy (non-hydrogen) atoms. The lowest BCUT2D eigenvalue weighted by Crippen LogP contribution is -2.35. The normalized spacial score (nSPS) is 19.6. The first-order chi connectivity index (χ1) is 11.0. The van der Waals surface area contributed by atoms with Gasteiger partial charge in [0.05, 0.1) is 24.0 Å². The minimum absolute atomic E-state index is 0.0327. The lowest BCUT2D eigenvalue weighted by atomic mass is 10.1. The molecule has 1 aliphatic rings. The molecular formula is C16H18N2O3S2. The largest absolute Gasteiger partial charge is 0.331 e. The predicted octanol–water partition coefficient (Wildman–Crippen LogP) is 2.11. The molecule has 2 aromatic rings. The van der Waals surface area contributed by atoms with Gasteiger partial charge in [0.2, 0.25) is 5.91 Å². The smallest absolute Gasteiger partial charge is 0.227 e. The number of rotatable bonds is 5. The molecule has 0 bridgehead atoms. The highest BCUT2D eigenvalue weighted by atomic mass is 32.2.